The van der Waals surface area contributed by atoms with Gasteiger partial charge in [-0.2, -0.15) is 0 Å². The van der Waals surface area contributed by atoms with Gasteiger partial charge in [0.15, 0.2) is 0 Å². The summed E-state index contributed by atoms with van der Waals surface area (Å²) < 4.78 is 5.16. The quantitative estimate of drug-likeness (QED) is 0.671. The van der Waals surface area contributed by atoms with Crippen molar-refractivity contribution in [2.24, 2.45) is 0 Å². The van der Waals surface area contributed by atoms with Gasteiger partial charge in [-0.15, -0.1) is 0 Å². The summed E-state index contributed by atoms with van der Waals surface area (Å²) in [4.78, 5) is 19.2. The van der Waals surface area contributed by atoms with Crippen LogP contribution in [-0.4, -0.2) is 24.0 Å². The highest BCUT2D eigenvalue weighted by atomic mass is 35.5. The van der Waals surface area contributed by atoms with Gasteiger partial charge in [0.1, 0.15) is 11.4 Å². The van der Waals surface area contributed by atoms with Gasteiger partial charge in [-0.25, -0.2) is 4.98 Å². The van der Waals surface area contributed by atoms with Crippen molar-refractivity contribution in [2.45, 2.75) is 19.4 Å². The molecule has 0 spiro atoms. The SMILES string of the molecule is COc1ccc(Nc2ccc(C(=O)N3c4ccccc4CC3C)nc2)cc1Cl. The van der Waals surface area contributed by atoms with Gasteiger partial charge in [0.2, 0.25) is 0 Å². The smallest absolute Gasteiger partial charge is 0.277 e. The van der Waals surface area contributed by atoms with Gasteiger partial charge in [-0.05, 0) is 55.3 Å². The second-order valence-electron chi connectivity index (χ2n) is 6.76. The average molecular weight is 394 g/mol. The number of benzene rings is 2. The number of amides is 1. The molecule has 1 N–H and O–H groups in total. The molecular weight excluding hydrogens is 374 g/mol. The third kappa shape index (κ3) is 3.41. The van der Waals surface area contributed by atoms with E-state index >= 15 is 0 Å². The molecule has 1 atom stereocenters. The topological polar surface area (TPSA) is 54.5 Å². The van der Waals surface area contributed by atoms with Gasteiger partial charge in [0.05, 0.1) is 24.0 Å². The summed E-state index contributed by atoms with van der Waals surface area (Å²) >= 11 is 6.16. The van der Waals surface area contributed by atoms with Crippen molar-refractivity contribution >= 4 is 34.6 Å². The molecule has 4 rings (SSSR count). The number of rotatable bonds is 4. The van der Waals surface area contributed by atoms with E-state index in [1.807, 2.05) is 35.2 Å². The summed E-state index contributed by atoms with van der Waals surface area (Å²) in [6, 6.07) is 17.2. The van der Waals surface area contributed by atoms with Crippen LogP contribution in [0.1, 0.15) is 23.0 Å². The van der Waals surface area contributed by atoms with Crippen LogP contribution in [0.15, 0.2) is 60.8 Å². The van der Waals surface area contributed by atoms with Gasteiger partial charge in [0, 0.05) is 17.4 Å². The number of para-hydroxylation sites is 1. The number of ether oxygens (including phenoxy) is 1. The maximum absolute atomic E-state index is 13.0. The molecule has 142 valence electrons. The molecule has 1 aliphatic heterocycles. The standard InChI is InChI=1S/C22H20ClN3O2/c1-14-11-15-5-3-4-6-20(15)26(14)22(27)19-9-7-17(13-24-19)25-16-8-10-21(28-2)18(23)12-16/h3-10,12-14,25H,11H2,1-2H3. The summed E-state index contributed by atoms with van der Waals surface area (Å²) in [5, 5.41) is 3.75. The van der Waals surface area contributed by atoms with Crippen molar-refractivity contribution in [1.29, 1.82) is 0 Å². The van der Waals surface area contributed by atoms with Crippen molar-refractivity contribution in [3.8, 4) is 5.75 Å². The molecule has 5 nitrogen and oxygen atoms in total. The second-order valence-corrected chi connectivity index (χ2v) is 7.17. The first-order valence-electron chi connectivity index (χ1n) is 9.05. The van der Waals surface area contributed by atoms with Gasteiger partial charge in [-0.1, -0.05) is 29.8 Å². The van der Waals surface area contributed by atoms with E-state index in [0.29, 0.717) is 16.5 Å². The third-order valence-electron chi connectivity index (χ3n) is 4.85. The summed E-state index contributed by atoms with van der Waals surface area (Å²) in [6.07, 6.45) is 2.51. The number of nitrogens with one attached hydrogen (secondary N) is 1. The van der Waals surface area contributed by atoms with Crippen molar-refractivity contribution in [3.63, 3.8) is 0 Å². The predicted octanol–water partition coefficient (Wildman–Crippen LogP) is 5.08. The first kappa shape index (κ1) is 18.3. The number of aromatic nitrogens is 1. The van der Waals surface area contributed by atoms with E-state index in [9.17, 15) is 4.79 Å². The highest BCUT2D eigenvalue weighted by Gasteiger charge is 2.31. The third-order valence-corrected chi connectivity index (χ3v) is 5.14. The van der Waals surface area contributed by atoms with Crippen LogP contribution in [0.4, 0.5) is 17.1 Å². The number of nitrogens with zero attached hydrogens (tertiary/aromatic N) is 2. The monoisotopic (exact) mass is 393 g/mol. The van der Waals surface area contributed by atoms with Crippen LogP contribution < -0.4 is 15.0 Å². The number of fused-ring (bicyclic) bond motifs is 1. The molecule has 3 aromatic rings. The van der Waals surface area contributed by atoms with Crippen LogP contribution in [0.5, 0.6) is 5.75 Å². The fourth-order valence-corrected chi connectivity index (χ4v) is 3.76. The lowest BCUT2D eigenvalue weighted by Gasteiger charge is -2.22. The van der Waals surface area contributed by atoms with Crippen LogP contribution in [0.2, 0.25) is 5.02 Å². The Hall–Kier alpha value is -3.05. The van der Waals surface area contributed by atoms with Gasteiger partial charge in [-0.3, -0.25) is 4.79 Å². The van der Waals surface area contributed by atoms with Crippen molar-refractivity contribution in [1.82, 2.24) is 4.98 Å². The Kier molecular flexibility index (Phi) is 4.92. The molecule has 0 saturated carbocycles. The molecule has 1 unspecified atom stereocenters. The molecule has 2 aromatic carbocycles. The molecule has 0 radical (unpaired) electrons. The maximum Gasteiger partial charge on any atom is 0.277 e. The molecule has 0 aliphatic carbocycles. The number of pyridine rings is 1. The van der Waals surface area contributed by atoms with Crippen LogP contribution in [0, 0.1) is 0 Å². The normalized spacial score (nSPS) is 15.2. The van der Waals surface area contributed by atoms with Crippen LogP contribution >= 0.6 is 11.6 Å². The first-order valence-corrected chi connectivity index (χ1v) is 9.42. The summed E-state index contributed by atoms with van der Waals surface area (Å²) in [7, 11) is 1.58. The molecule has 28 heavy (non-hydrogen) atoms. The lowest BCUT2D eigenvalue weighted by molar-refractivity contribution is 0.0976. The molecule has 1 aromatic heterocycles. The number of anilines is 3. The highest BCUT2D eigenvalue weighted by Crippen LogP contribution is 2.33. The minimum absolute atomic E-state index is 0.0866. The Morgan fingerprint density at radius 2 is 1.96 bits per heavy atom. The van der Waals surface area contributed by atoms with Crippen molar-refractivity contribution in [2.75, 3.05) is 17.3 Å². The number of carbonyl (C=O) groups excluding carboxylic acids is 1. The van der Waals surface area contributed by atoms with Crippen LogP contribution in [-0.2, 0) is 6.42 Å². The molecule has 6 heteroatoms. The fourth-order valence-electron chi connectivity index (χ4n) is 3.50. The molecule has 1 aliphatic rings. The van der Waals surface area contributed by atoms with E-state index in [1.165, 1.54) is 5.56 Å². The Morgan fingerprint density at radius 3 is 2.68 bits per heavy atom. The van der Waals surface area contributed by atoms with Gasteiger partial charge in [0.25, 0.3) is 5.91 Å². The predicted molar refractivity (Wildman–Crippen MR) is 112 cm³/mol. The zero-order chi connectivity index (χ0) is 19.7. The zero-order valence-electron chi connectivity index (χ0n) is 15.6. The lowest BCUT2D eigenvalue weighted by atomic mass is 10.1. The fraction of sp³-hybridized carbons (Fsp3) is 0.182. The van der Waals surface area contributed by atoms with E-state index in [1.54, 1.807) is 31.5 Å². The average Bonchev–Trinajstić information content (AvgIpc) is 3.04. The van der Waals surface area contributed by atoms with E-state index in [2.05, 4.69) is 23.3 Å². The molecule has 2 heterocycles. The van der Waals surface area contributed by atoms with Crippen molar-refractivity contribution in [3.05, 3.63) is 77.1 Å². The number of hydrogen-bond donors (Lipinski definition) is 1. The molecule has 1 amide bonds. The van der Waals surface area contributed by atoms with E-state index in [0.717, 1.165) is 23.5 Å². The lowest BCUT2D eigenvalue weighted by Crippen LogP contribution is -2.36. The molecule has 0 fully saturated rings. The second kappa shape index (κ2) is 7.52. The Labute approximate surface area is 168 Å². The number of hydrogen-bond acceptors (Lipinski definition) is 4. The first-order chi connectivity index (χ1) is 13.6. The maximum atomic E-state index is 13.0. The largest absolute Gasteiger partial charge is 0.495 e. The van der Waals surface area contributed by atoms with Gasteiger partial charge >= 0.3 is 0 Å². The Morgan fingerprint density at radius 1 is 1.18 bits per heavy atom. The van der Waals surface area contributed by atoms with Crippen LogP contribution in [0.25, 0.3) is 0 Å². The number of methoxy groups -OCH3 is 1. The minimum atomic E-state index is -0.0866. The number of halogens is 1. The van der Waals surface area contributed by atoms with E-state index < -0.39 is 0 Å². The molecular formula is C22H20ClN3O2. The highest BCUT2D eigenvalue weighted by molar-refractivity contribution is 6.32. The van der Waals surface area contributed by atoms with E-state index in [4.69, 9.17) is 16.3 Å². The minimum Gasteiger partial charge on any atom is -0.495 e. The molecule has 0 saturated heterocycles. The summed E-state index contributed by atoms with van der Waals surface area (Å²) in [5.74, 6) is 0.530. The Balaban J connectivity index is 1.52. The Bertz CT molecular complexity index is 1020. The number of carbonyl (C=O) groups is 1. The van der Waals surface area contributed by atoms with Crippen LogP contribution in [0.3, 0.4) is 0 Å². The molecule has 0 bridgehead atoms. The van der Waals surface area contributed by atoms with Crippen molar-refractivity contribution < 1.29 is 9.53 Å². The summed E-state index contributed by atoms with van der Waals surface area (Å²) in [5.41, 5.74) is 4.16. The van der Waals surface area contributed by atoms with Gasteiger partial charge < -0.3 is 15.0 Å². The van der Waals surface area contributed by atoms with E-state index in [-0.39, 0.29) is 11.9 Å². The zero-order valence-corrected chi connectivity index (χ0v) is 16.4. The summed E-state index contributed by atoms with van der Waals surface area (Å²) in [6.45, 7) is 2.06.